The summed E-state index contributed by atoms with van der Waals surface area (Å²) in [6.45, 7) is 0.865. The standard InChI is InChI=1S/C23H25N3O6/c1-31-18-11-17(12-19(13-18)32-2)22(28)26-9-7-15(8-10-26)21(27)25-24-14-16-5-3-4-6-20(16)23(29)30/h3-6,11-15H,7-10H2,1-2H3,(H,25,27)(H,29,30)/b24-14+. The normalized spacial score (nSPS) is 14.2. The van der Waals surface area contributed by atoms with E-state index >= 15 is 0 Å². The Kier molecular flexibility index (Phi) is 7.43. The summed E-state index contributed by atoms with van der Waals surface area (Å²) >= 11 is 0. The molecule has 0 unspecified atom stereocenters. The van der Waals surface area contributed by atoms with Gasteiger partial charge in [0.2, 0.25) is 5.91 Å². The van der Waals surface area contributed by atoms with Crippen LogP contribution in [0.25, 0.3) is 0 Å². The molecule has 0 saturated carbocycles. The van der Waals surface area contributed by atoms with Gasteiger partial charge in [-0.25, -0.2) is 10.2 Å². The lowest BCUT2D eigenvalue weighted by Crippen LogP contribution is -2.42. The van der Waals surface area contributed by atoms with Crippen LogP contribution in [0.3, 0.4) is 0 Å². The number of nitrogens with zero attached hydrogens (tertiary/aromatic N) is 2. The molecule has 9 heteroatoms. The number of methoxy groups -OCH3 is 2. The highest BCUT2D eigenvalue weighted by molar-refractivity contribution is 5.98. The molecule has 0 aliphatic carbocycles. The molecular weight excluding hydrogens is 414 g/mol. The van der Waals surface area contributed by atoms with Crippen LogP contribution in [0.2, 0.25) is 0 Å². The molecular formula is C23H25N3O6. The smallest absolute Gasteiger partial charge is 0.336 e. The van der Waals surface area contributed by atoms with E-state index in [4.69, 9.17) is 9.47 Å². The SMILES string of the molecule is COc1cc(OC)cc(C(=O)N2CCC(C(=O)N/N=C/c3ccccc3C(=O)O)CC2)c1. The van der Waals surface area contributed by atoms with Gasteiger partial charge in [0.25, 0.3) is 5.91 Å². The van der Waals surface area contributed by atoms with E-state index in [1.165, 1.54) is 26.5 Å². The van der Waals surface area contributed by atoms with Crippen molar-refractivity contribution in [1.82, 2.24) is 10.3 Å². The van der Waals surface area contributed by atoms with Gasteiger partial charge in [0.05, 0.1) is 26.0 Å². The summed E-state index contributed by atoms with van der Waals surface area (Å²) in [6.07, 6.45) is 2.32. The van der Waals surface area contributed by atoms with E-state index in [-0.39, 0.29) is 23.3 Å². The van der Waals surface area contributed by atoms with Crippen LogP contribution in [0.4, 0.5) is 0 Å². The molecule has 1 aliphatic rings. The Bertz CT molecular complexity index is 1010. The summed E-state index contributed by atoms with van der Waals surface area (Å²) in [5.41, 5.74) is 3.44. The Morgan fingerprint density at radius 2 is 1.69 bits per heavy atom. The maximum Gasteiger partial charge on any atom is 0.336 e. The molecule has 0 atom stereocenters. The van der Waals surface area contributed by atoms with Gasteiger partial charge in [-0.2, -0.15) is 5.10 Å². The van der Waals surface area contributed by atoms with Crippen molar-refractivity contribution in [2.24, 2.45) is 11.0 Å². The molecule has 32 heavy (non-hydrogen) atoms. The van der Waals surface area contributed by atoms with Crippen LogP contribution >= 0.6 is 0 Å². The fourth-order valence-corrected chi connectivity index (χ4v) is 3.52. The molecule has 1 saturated heterocycles. The first-order valence-corrected chi connectivity index (χ1v) is 10.1. The maximum atomic E-state index is 12.9. The number of piperidine rings is 1. The molecule has 0 radical (unpaired) electrons. The van der Waals surface area contributed by atoms with Crippen molar-refractivity contribution < 1.29 is 29.0 Å². The van der Waals surface area contributed by atoms with Gasteiger partial charge >= 0.3 is 5.97 Å². The average Bonchev–Trinajstić information content (AvgIpc) is 2.83. The van der Waals surface area contributed by atoms with Crippen LogP contribution in [0, 0.1) is 5.92 Å². The first-order valence-electron chi connectivity index (χ1n) is 10.1. The molecule has 168 valence electrons. The highest BCUT2D eigenvalue weighted by Gasteiger charge is 2.28. The number of ether oxygens (including phenoxy) is 2. The van der Waals surface area contributed by atoms with Crippen LogP contribution in [0.1, 0.15) is 39.1 Å². The van der Waals surface area contributed by atoms with Crippen LogP contribution < -0.4 is 14.9 Å². The summed E-state index contributed by atoms with van der Waals surface area (Å²) < 4.78 is 10.4. The molecule has 2 aromatic carbocycles. The van der Waals surface area contributed by atoms with Crippen molar-refractivity contribution in [3.8, 4) is 11.5 Å². The van der Waals surface area contributed by atoms with E-state index in [0.29, 0.717) is 48.6 Å². The molecule has 2 aromatic rings. The predicted octanol–water partition coefficient (Wildman–Crippen LogP) is 2.40. The largest absolute Gasteiger partial charge is 0.497 e. The Balaban J connectivity index is 1.56. The fourth-order valence-electron chi connectivity index (χ4n) is 3.52. The second-order valence-electron chi connectivity index (χ2n) is 7.29. The van der Waals surface area contributed by atoms with Crippen molar-refractivity contribution in [3.63, 3.8) is 0 Å². The number of carbonyl (C=O) groups excluding carboxylic acids is 2. The van der Waals surface area contributed by atoms with E-state index in [2.05, 4.69) is 10.5 Å². The Morgan fingerprint density at radius 1 is 1.06 bits per heavy atom. The number of hydrogen-bond acceptors (Lipinski definition) is 6. The van der Waals surface area contributed by atoms with Gasteiger partial charge in [-0.3, -0.25) is 9.59 Å². The van der Waals surface area contributed by atoms with Gasteiger partial charge in [0.1, 0.15) is 11.5 Å². The quantitative estimate of drug-likeness (QED) is 0.505. The molecule has 2 N–H and O–H groups in total. The minimum absolute atomic E-state index is 0.103. The van der Waals surface area contributed by atoms with E-state index < -0.39 is 5.97 Å². The molecule has 1 aliphatic heterocycles. The van der Waals surface area contributed by atoms with Gasteiger partial charge in [0.15, 0.2) is 0 Å². The second kappa shape index (κ2) is 10.4. The van der Waals surface area contributed by atoms with Crippen LogP contribution in [-0.2, 0) is 4.79 Å². The summed E-state index contributed by atoms with van der Waals surface area (Å²) in [7, 11) is 3.05. The summed E-state index contributed by atoms with van der Waals surface area (Å²) in [5, 5.41) is 13.1. The zero-order valence-electron chi connectivity index (χ0n) is 17.9. The number of rotatable bonds is 7. The van der Waals surface area contributed by atoms with E-state index in [1.54, 1.807) is 41.3 Å². The number of benzene rings is 2. The zero-order chi connectivity index (χ0) is 23.1. The fraction of sp³-hybridized carbons (Fsp3) is 0.304. The number of likely N-dealkylation sites (tertiary alicyclic amines) is 1. The number of nitrogens with one attached hydrogen (secondary N) is 1. The number of carboxylic acid groups (broad SMARTS) is 1. The van der Waals surface area contributed by atoms with Crippen molar-refractivity contribution in [2.45, 2.75) is 12.8 Å². The lowest BCUT2D eigenvalue weighted by atomic mass is 9.95. The molecule has 9 nitrogen and oxygen atoms in total. The molecule has 0 spiro atoms. The predicted molar refractivity (Wildman–Crippen MR) is 117 cm³/mol. The van der Waals surface area contributed by atoms with E-state index in [1.807, 2.05) is 0 Å². The second-order valence-corrected chi connectivity index (χ2v) is 7.29. The lowest BCUT2D eigenvalue weighted by molar-refractivity contribution is -0.126. The number of carboxylic acids is 1. The molecule has 1 heterocycles. The minimum Gasteiger partial charge on any atom is -0.497 e. The third-order valence-electron chi connectivity index (χ3n) is 5.32. The van der Waals surface area contributed by atoms with Crippen molar-refractivity contribution in [3.05, 3.63) is 59.2 Å². The molecule has 2 amide bonds. The van der Waals surface area contributed by atoms with Crippen LogP contribution in [0.15, 0.2) is 47.6 Å². The van der Waals surface area contributed by atoms with E-state index in [0.717, 1.165) is 0 Å². The molecule has 0 bridgehead atoms. The van der Waals surface area contributed by atoms with Crippen molar-refractivity contribution >= 4 is 24.0 Å². The van der Waals surface area contributed by atoms with Crippen LogP contribution in [0.5, 0.6) is 11.5 Å². The number of hydrazone groups is 1. The third-order valence-corrected chi connectivity index (χ3v) is 5.32. The number of carbonyl (C=O) groups is 3. The lowest BCUT2D eigenvalue weighted by Gasteiger charge is -2.31. The Labute approximate surface area is 185 Å². The highest BCUT2D eigenvalue weighted by atomic mass is 16.5. The first kappa shape index (κ1) is 22.8. The Morgan fingerprint density at radius 3 is 2.28 bits per heavy atom. The average molecular weight is 439 g/mol. The summed E-state index contributed by atoms with van der Waals surface area (Å²) in [6, 6.07) is 11.4. The summed E-state index contributed by atoms with van der Waals surface area (Å²) in [4.78, 5) is 38.2. The first-order chi connectivity index (χ1) is 15.4. The van der Waals surface area contributed by atoms with Crippen molar-refractivity contribution in [2.75, 3.05) is 27.3 Å². The number of hydrogen-bond donors (Lipinski definition) is 2. The van der Waals surface area contributed by atoms with Gasteiger partial charge in [0, 0.05) is 36.2 Å². The number of amides is 2. The molecule has 0 aromatic heterocycles. The van der Waals surface area contributed by atoms with Gasteiger partial charge < -0.3 is 19.5 Å². The van der Waals surface area contributed by atoms with Crippen molar-refractivity contribution in [1.29, 1.82) is 0 Å². The maximum absolute atomic E-state index is 12.9. The zero-order valence-corrected chi connectivity index (χ0v) is 17.9. The monoisotopic (exact) mass is 439 g/mol. The van der Waals surface area contributed by atoms with Gasteiger partial charge in [-0.05, 0) is 31.0 Å². The summed E-state index contributed by atoms with van der Waals surface area (Å²) in [5.74, 6) is -0.697. The third kappa shape index (κ3) is 5.42. The van der Waals surface area contributed by atoms with Gasteiger partial charge in [-0.15, -0.1) is 0 Å². The number of aromatic carboxylic acids is 1. The topological polar surface area (TPSA) is 118 Å². The molecule has 3 rings (SSSR count). The minimum atomic E-state index is -1.07. The molecule has 1 fully saturated rings. The van der Waals surface area contributed by atoms with E-state index in [9.17, 15) is 19.5 Å². The highest BCUT2D eigenvalue weighted by Crippen LogP contribution is 2.25. The van der Waals surface area contributed by atoms with Crippen LogP contribution in [-0.4, -0.2) is 61.3 Å². The Hall–Kier alpha value is -3.88. The van der Waals surface area contributed by atoms with Gasteiger partial charge in [-0.1, -0.05) is 18.2 Å².